The van der Waals surface area contributed by atoms with Crippen LogP contribution in [0.3, 0.4) is 0 Å². The fourth-order valence-electron chi connectivity index (χ4n) is 12.0. The van der Waals surface area contributed by atoms with Gasteiger partial charge < -0.3 is 54.4 Å². The molecule has 19 nitrogen and oxygen atoms in total. The van der Waals surface area contributed by atoms with Crippen molar-refractivity contribution in [1.29, 1.82) is 0 Å². The van der Waals surface area contributed by atoms with Crippen LogP contribution in [0.5, 0.6) is 23.0 Å². The molecule has 0 fully saturated rings. The first-order valence-electron chi connectivity index (χ1n) is 36.4. The minimum Gasteiger partial charge on any atom is -0.496 e. The number of nitrogens with zero attached hydrogens (tertiary/aromatic N) is 8. The van der Waals surface area contributed by atoms with Gasteiger partial charge in [-0.05, 0) is 201 Å². The molecule has 19 heteroatoms. The lowest BCUT2D eigenvalue weighted by Crippen LogP contribution is -2.01. The molecular formula is C89H86N12O7. The molecule has 8 aromatic carbocycles. The van der Waals surface area contributed by atoms with E-state index >= 15 is 0 Å². The SMILES string of the molecule is C1=C/CCOc2cccc(c2)-c2ccnc(n2)Nc2cccc(c2)CCC/1.C1=C/COc2cccc(c2)-c2ccnc(n2)Nc2cccc(c2)COC/1.C1=C\COc2cccc(c2)-c2ccnc(n2)Nc2cccc(c2)CCC/1.COc1ccc2cc1COC/C=C/COCc1cccc(c1)Nc1nccc-2n1. The van der Waals surface area contributed by atoms with Crippen LogP contribution < -0.4 is 40.2 Å². The van der Waals surface area contributed by atoms with Gasteiger partial charge >= 0.3 is 0 Å². The smallest absolute Gasteiger partial charge is 0.227 e. The van der Waals surface area contributed by atoms with E-state index in [4.69, 9.17) is 33.2 Å². The van der Waals surface area contributed by atoms with Crippen LogP contribution in [-0.2, 0) is 46.9 Å². The van der Waals surface area contributed by atoms with Gasteiger partial charge in [0, 0.05) is 75.4 Å². The first-order valence-corrected chi connectivity index (χ1v) is 36.4. The van der Waals surface area contributed by atoms with Crippen LogP contribution in [0.15, 0.2) is 286 Å². The zero-order valence-electron chi connectivity index (χ0n) is 60.4. The zero-order chi connectivity index (χ0) is 73.4. The van der Waals surface area contributed by atoms with Gasteiger partial charge in [0.25, 0.3) is 0 Å². The van der Waals surface area contributed by atoms with Gasteiger partial charge in [0.15, 0.2) is 0 Å². The zero-order valence-corrected chi connectivity index (χ0v) is 60.4. The third kappa shape index (κ3) is 22.9. The van der Waals surface area contributed by atoms with Crippen LogP contribution in [0.2, 0.25) is 0 Å². The molecule has 8 heterocycles. The number of hydrogen-bond acceptors (Lipinski definition) is 19. The van der Waals surface area contributed by atoms with E-state index in [9.17, 15) is 0 Å². The Hall–Kier alpha value is -12.7. The van der Waals surface area contributed by atoms with Crippen LogP contribution in [0.1, 0.15) is 59.9 Å². The van der Waals surface area contributed by atoms with E-state index in [1.807, 2.05) is 200 Å². The Balaban J connectivity index is 0.000000127. The highest BCUT2D eigenvalue weighted by molar-refractivity contribution is 5.68. The Morgan fingerprint density at radius 3 is 1.12 bits per heavy atom. The van der Waals surface area contributed by atoms with Crippen molar-refractivity contribution >= 4 is 46.5 Å². The second kappa shape index (κ2) is 39.4. The van der Waals surface area contributed by atoms with Crippen LogP contribution in [0.25, 0.3) is 45.0 Å². The normalized spacial score (nSPS) is 15.4. The maximum absolute atomic E-state index is 5.89. The molecule has 16 rings (SSSR count). The van der Waals surface area contributed by atoms with Crippen molar-refractivity contribution in [2.24, 2.45) is 0 Å². The third-order valence-electron chi connectivity index (χ3n) is 17.3. The molecule has 544 valence electrons. The summed E-state index contributed by atoms with van der Waals surface area (Å²) in [6.45, 7) is 4.87. The molecule has 0 spiro atoms. The Morgan fingerprint density at radius 2 is 0.676 bits per heavy atom. The number of hydrogen-bond donors (Lipinski definition) is 4. The second-order valence-corrected chi connectivity index (χ2v) is 25.4. The second-order valence-electron chi connectivity index (χ2n) is 25.4. The number of anilines is 8. The number of allylic oxidation sites excluding steroid dienone is 2. The van der Waals surface area contributed by atoms with Crippen molar-refractivity contribution in [1.82, 2.24) is 39.9 Å². The summed E-state index contributed by atoms with van der Waals surface area (Å²) in [4.78, 5) is 36.0. The molecule has 0 radical (unpaired) electrons. The molecule has 0 unspecified atom stereocenters. The summed E-state index contributed by atoms with van der Waals surface area (Å²) < 4.78 is 40.2. The van der Waals surface area contributed by atoms with Crippen LogP contribution >= 0.6 is 0 Å². The molecule has 0 saturated carbocycles. The highest BCUT2D eigenvalue weighted by atomic mass is 16.5. The summed E-state index contributed by atoms with van der Waals surface area (Å²) in [7, 11) is 1.66. The van der Waals surface area contributed by atoms with Crippen molar-refractivity contribution in [3.63, 3.8) is 0 Å². The predicted molar refractivity (Wildman–Crippen MR) is 428 cm³/mol. The van der Waals surface area contributed by atoms with Crippen molar-refractivity contribution in [3.8, 4) is 68.0 Å². The summed E-state index contributed by atoms with van der Waals surface area (Å²) in [5, 5.41) is 13.2. The maximum atomic E-state index is 5.89. The lowest BCUT2D eigenvalue weighted by molar-refractivity contribution is 0.139. The van der Waals surface area contributed by atoms with E-state index in [1.165, 1.54) is 11.1 Å². The van der Waals surface area contributed by atoms with Gasteiger partial charge in [-0.15, -0.1) is 0 Å². The lowest BCUT2D eigenvalue weighted by Gasteiger charge is -2.12. The summed E-state index contributed by atoms with van der Waals surface area (Å²) in [5.74, 6) is 5.59. The van der Waals surface area contributed by atoms with Gasteiger partial charge in [0.05, 0.1) is 76.1 Å². The molecule has 0 saturated heterocycles. The highest BCUT2D eigenvalue weighted by Crippen LogP contribution is 2.31. The van der Waals surface area contributed by atoms with E-state index < -0.39 is 0 Å². The quantitative estimate of drug-likeness (QED) is 0.112. The molecule has 108 heavy (non-hydrogen) atoms. The van der Waals surface area contributed by atoms with E-state index in [1.54, 1.807) is 31.9 Å². The van der Waals surface area contributed by atoms with Gasteiger partial charge in [0.2, 0.25) is 23.8 Å². The van der Waals surface area contributed by atoms with Crippen molar-refractivity contribution in [3.05, 3.63) is 314 Å². The minimum absolute atomic E-state index is 0.447. The van der Waals surface area contributed by atoms with E-state index in [0.29, 0.717) is 83.3 Å². The van der Waals surface area contributed by atoms with Crippen molar-refractivity contribution < 1.29 is 33.2 Å². The van der Waals surface area contributed by atoms with E-state index in [0.717, 1.165) is 152 Å². The van der Waals surface area contributed by atoms with Gasteiger partial charge in [-0.25, -0.2) is 39.9 Å². The monoisotopic (exact) mass is 1430 g/mol. The number of aromatic nitrogens is 8. The Labute approximate surface area is 630 Å². The minimum atomic E-state index is 0.447. The van der Waals surface area contributed by atoms with Gasteiger partial charge in [-0.2, -0.15) is 0 Å². The van der Waals surface area contributed by atoms with Gasteiger partial charge in [-0.3, -0.25) is 0 Å². The molecule has 4 aromatic heterocycles. The van der Waals surface area contributed by atoms with Crippen LogP contribution in [0.4, 0.5) is 46.5 Å². The molecule has 4 aliphatic heterocycles. The average Bonchev–Trinajstić information content (AvgIpc) is 0.969. The number of aryl methyl sites for hydroxylation is 2. The van der Waals surface area contributed by atoms with Crippen LogP contribution in [-0.4, -0.2) is 86.6 Å². The molecule has 24 bridgehead atoms. The molecule has 0 atom stereocenters. The summed E-state index contributed by atoms with van der Waals surface area (Å²) in [6.07, 6.45) is 31.1. The van der Waals surface area contributed by atoms with Gasteiger partial charge in [0.1, 0.15) is 36.2 Å². The summed E-state index contributed by atoms with van der Waals surface area (Å²) in [5.41, 5.74) is 17.0. The molecule has 0 aliphatic carbocycles. The topological polar surface area (TPSA) is 216 Å². The first-order chi connectivity index (χ1) is 53.4. The number of rotatable bonds is 1. The van der Waals surface area contributed by atoms with E-state index in [2.05, 4.69) is 122 Å². The molecule has 4 N–H and O–H groups in total. The number of ether oxygens (including phenoxy) is 7. The number of nitrogens with one attached hydrogen (secondary N) is 4. The fourth-order valence-corrected chi connectivity index (χ4v) is 12.0. The third-order valence-corrected chi connectivity index (χ3v) is 17.3. The summed E-state index contributed by atoms with van der Waals surface area (Å²) in [6, 6.07) is 70.6. The number of fused-ring (bicyclic) bond motifs is 28. The fraction of sp³-hybridized carbons (Fsp3) is 0.191. The Morgan fingerprint density at radius 1 is 0.315 bits per heavy atom. The molecular weight excluding hydrogens is 1350 g/mol. The highest BCUT2D eigenvalue weighted by Gasteiger charge is 2.13. The maximum Gasteiger partial charge on any atom is 0.227 e. The number of methoxy groups -OCH3 is 1. The lowest BCUT2D eigenvalue weighted by atomic mass is 10.1. The molecule has 4 aliphatic rings. The standard InChI is InChI=1S/C23H23N3O3.C23H23N3O.C22H21N3O.C21H19N3O2/c1-27-22-8-7-18-14-19(22)16-29-12-3-2-11-28-15-17-5-4-6-20(13-17)25-23-24-10-9-21(18)26-23;1-2-4-8-18-9-6-11-20(16-18)25-23-24-14-13-22(26-23)19-10-7-12-21(17-19)27-15-5-3-1;1-2-4-14-26-20-11-6-9-18(16-20)21-12-13-23-22(25-21)24-19-10-5-8-17(15-19)7-3-1;1-2-12-26-19-8-4-6-17(14-19)20-9-10-22-21(24-20)23-18-7-3-5-16(13-18)15-25-11-1/h2-10,13-14H,11-12,15-16H2,1H3,(H,24,25,26);1,3,6-7,9-14,16-17H,2,4-5,8,15H2,(H,24,25,26);2,4-6,8-13,15-16H,1,3,7,14H2,(H,23,24,25);1-10,13-14H,11-12,15H2,(H,22,23,24)/b3-2+;3-1+;4-2-;2-1+. The first kappa shape index (κ1) is 73.6. The van der Waals surface area contributed by atoms with Crippen molar-refractivity contribution in [2.75, 3.05) is 68.0 Å². The number of benzene rings is 8. The predicted octanol–water partition coefficient (Wildman–Crippen LogP) is 19.6. The molecule has 0 amide bonds. The van der Waals surface area contributed by atoms with Crippen LogP contribution in [0, 0.1) is 0 Å². The Kier molecular flexibility index (Phi) is 26.9. The van der Waals surface area contributed by atoms with E-state index in [-0.39, 0.29) is 0 Å². The van der Waals surface area contributed by atoms with Gasteiger partial charge in [-0.1, -0.05) is 127 Å². The average molecular weight is 1440 g/mol. The largest absolute Gasteiger partial charge is 0.496 e. The Bertz CT molecular complexity index is 4880. The van der Waals surface area contributed by atoms with Crippen molar-refractivity contribution in [2.45, 2.75) is 64.8 Å². The molecule has 12 aromatic rings. The summed E-state index contributed by atoms with van der Waals surface area (Å²) >= 11 is 0.